The SMILES string of the molecule is CCOC(=O)N1CCC(N[C@H]2CCCC[C@@H]2n2cccn2)CC1. The highest BCUT2D eigenvalue weighted by atomic mass is 16.6. The number of piperidine rings is 1. The van der Waals surface area contributed by atoms with E-state index in [9.17, 15) is 4.79 Å². The summed E-state index contributed by atoms with van der Waals surface area (Å²) in [4.78, 5) is 13.6. The number of hydrogen-bond acceptors (Lipinski definition) is 4. The molecule has 2 fully saturated rings. The third-order valence-electron chi connectivity index (χ3n) is 5.06. The predicted molar refractivity (Wildman–Crippen MR) is 88.3 cm³/mol. The molecule has 3 rings (SSSR count). The zero-order valence-electron chi connectivity index (χ0n) is 14.0. The number of carbonyl (C=O) groups is 1. The molecule has 1 aliphatic heterocycles. The van der Waals surface area contributed by atoms with Crippen LogP contribution in [0, 0.1) is 0 Å². The molecule has 2 heterocycles. The quantitative estimate of drug-likeness (QED) is 0.926. The summed E-state index contributed by atoms with van der Waals surface area (Å²) < 4.78 is 7.20. The lowest BCUT2D eigenvalue weighted by molar-refractivity contribution is 0.0921. The van der Waals surface area contributed by atoms with Crippen molar-refractivity contribution in [2.75, 3.05) is 19.7 Å². The Morgan fingerprint density at radius 2 is 2.04 bits per heavy atom. The molecule has 128 valence electrons. The first-order chi connectivity index (χ1) is 11.3. The fourth-order valence-corrected chi connectivity index (χ4v) is 3.85. The van der Waals surface area contributed by atoms with Crippen molar-refractivity contribution in [1.82, 2.24) is 20.0 Å². The predicted octanol–water partition coefficient (Wildman–Crippen LogP) is 2.58. The molecule has 1 aliphatic carbocycles. The normalized spacial score (nSPS) is 26.2. The molecule has 0 spiro atoms. The lowest BCUT2D eigenvalue weighted by Crippen LogP contribution is -2.50. The maximum absolute atomic E-state index is 11.8. The van der Waals surface area contributed by atoms with Gasteiger partial charge in [-0.1, -0.05) is 12.8 Å². The van der Waals surface area contributed by atoms with E-state index in [4.69, 9.17) is 4.74 Å². The van der Waals surface area contributed by atoms with Gasteiger partial charge in [-0.15, -0.1) is 0 Å². The van der Waals surface area contributed by atoms with Gasteiger partial charge in [0.05, 0.1) is 12.6 Å². The number of carbonyl (C=O) groups excluding carboxylic acids is 1. The Labute approximate surface area is 138 Å². The van der Waals surface area contributed by atoms with Gasteiger partial charge in [-0.2, -0.15) is 5.10 Å². The first-order valence-electron chi connectivity index (χ1n) is 8.95. The van der Waals surface area contributed by atoms with Crippen molar-refractivity contribution in [2.45, 2.75) is 63.6 Å². The largest absolute Gasteiger partial charge is 0.450 e. The zero-order chi connectivity index (χ0) is 16.1. The van der Waals surface area contributed by atoms with Gasteiger partial charge in [-0.05, 0) is 38.7 Å². The van der Waals surface area contributed by atoms with Gasteiger partial charge in [0, 0.05) is 37.6 Å². The van der Waals surface area contributed by atoms with E-state index in [0.717, 1.165) is 25.9 Å². The minimum atomic E-state index is -0.168. The maximum atomic E-state index is 11.8. The molecular weight excluding hydrogens is 292 g/mol. The molecule has 1 N–H and O–H groups in total. The summed E-state index contributed by atoms with van der Waals surface area (Å²) in [5.41, 5.74) is 0. The summed E-state index contributed by atoms with van der Waals surface area (Å²) in [6.45, 7) is 3.88. The minimum Gasteiger partial charge on any atom is -0.450 e. The van der Waals surface area contributed by atoms with Crippen molar-refractivity contribution in [2.24, 2.45) is 0 Å². The van der Waals surface area contributed by atoms with Crippen LogP contribution in [-0.2, 0) is 4.74 Å². The van der Waals surface area contributed by atoms with Crippen molar-refractivity contribution < 1.29 is 9.53 Å². The Bertz CT molecular complexity index is 483. The Hall–Kier alpha value is -1.56. The van der Waals surface area contributed by atoms with Crippen LogP contribution in [0.15, 0.2) is 18.5 Å². The lowest BCUT2D eigenvalue weighted by Gasteiger charge is -2.38. The molecule has 2 aliphatic rings. The van der Waals surface area contributed by atoms with E-state index in [2.05, 4.69) is 21.3 Å². The maximum Gasteiger partial charge on any atom is 0.409 e. The molecule has 2 atom stereocenters. The Morgan fingerprint density at radius 3 is 2.74 bits per heavy atom. The van der Waals surface area contributed by atoms with Crippen LogP contribution in [0.4, 0.5) is 4.79 Å². The molecule has 0 unspecified atom stereocenters. The topological polar surface area (TPSA) is 59.4 Å². The highest BCUT2D eigenvalue weighted by Gasteiger charge is 2.30. The van der Waals surface area contributed by atoms with Crippen LogP contribution in [0.3, 0.4) is 0 Å². The van der Waals surface area contributed by atoms with Crippen LogP contribution in [0.1, 0.15) is 51.5 Å². The standard InChI is InChI=1S/C17H28N4O2/c1-2-23-17(22)20-12-8-14(9-13-20)19-15-6-3-4-7-16(15)21-11-5-10-18-21/h5,10-11,14-16,19H,2-4,6-9,12-13H2,1H3/t15-,16-/m0/s1. The molecule has 0 bridgehead atoms. The number of ether oxygens (including phenoxy) is 1. The second-order valence-electron chi connectivity index (χ2n) is 6.57. The van der Waals surface area contributed by atoms with Gasteiger partial charge in [-0.25, -0.2) is 4.79 Å². The average molecular weight is 320 g/mol. The highest BCUT2D eigenvalue weighted by molar-refractivity contribution is 5.67. The molecule has 23 heavy (non-hydrogen) atoms. The van der Waals surface area contributed by atoms with Gasteiger partial charge < -0.3 is 15.0 Å². The summed E-state index contributed by atoms with van der Waals surface area (Å²) in [7, 11) is 0. The molecule has 6 nitrogen and oxygen atoms in total. The molecule has 1 amide bonds. The van der Waals surface area contributed by atoms with Gasteiger partial charge in [0.2, 0.25) is 0 Å². The molecular formula is C17H28N4O2. The van der Waals surface area contributed by atoms with Gasteiger partial charge in [0.15, 0.2) is 0 Å². The van der Waals surface area contributed by atoms with E-state index in [1.807, 2.05) is 24.1 Å². The second-order valence-corrected chi connectivity index (χ2v) is 6.57. The van der Waals surface area contributed by atoms with Crippen LogP contribution in [0.25, 0.3) is 0 Å². The van der Waals surface area contributed by atoms with E-state index in [0.29, 0.717) is 24.7 Å². The fraction of sp³-hybridized carbons (Fsp3) is 0.765. The molecule has 1 saturated carbocycles. The zero-order valence-corrected chi connectivity index (χ0v) is 14.0. The van der Waals surface area contributed by atoms with Gasteiger partial charge >= 0.3 is 6.09 Å². The van der Waals surface area contributed by atoms with Crippen molar-refractivity contribution >= 4 is 6.09 Å². The number of amides is 1. The van der Waals surface area contributed by atoms with Crippen molar-refractivity contribution in [1.29, 1.82) is 0 Å². The summed E-state index contributed by atoms with van der Waals surface area (Å²) in [6.07, 6.45) is 10.8. The number of nitrogens with one attached hydrogen (secondary N) is 1. The molecule has 1 aromatic heterocycles. The van der Waals surface area contributed by atoms with Crippen LogP contribution in [0.2, 0.25) is 0 Å². The third kappa shape index (κ3) is 4.05. The number of nitrogens with zero attached hydrogens (tertiary/aromatic N) is 3. The van der Waals surface area contributed by atoms with E-state index in [1.54, 1.807) is 0 Å². The molecule has 1 saturated heterocycles. The second kappa shape index (κ2) is 7.81. The van der Waals surface area contributed by atoms with Crippen LogP contribution in [-0.4, -0.2) is 52.6 Å². The summed E-state index contributed by atoms with van der Waals surface area (Å²) >= 11 is 0. The van der Waals surface area contributed by atoms with E-state index in [1.165, 1.54) is 25.7 Å². The molecule has 0 aromatic carbocycles. The van der Waals surface area contributed by atoms with E-state index < -0.39 is 0 Å². The first kappa shape index (κ1) is 16.3. The Balaban J connectivity index is 1.52. The van der Waals surface area contributed by atoms with Crippen LogP contribution < -0.4 is 5.32 Å². The van der Waals surface area contributed by atoms with Crippen molar-refractivity contribution in [3.63, 3.8) is 0 Å². The molecule has 0 radical (unpaired) electrons. The van der Waals surface area contributed by atoms with Gasteiger partial charge in [0.25, 0.3) is 0 Å². The smallest absolute Gasteiger partial charge is 0.409 e. The Morgan fingerprint density at radius 1 is 1.26 bits per heavy atom. The molecule has 6 heteroatoms. The third-order valence-corrected chi connectivity index (χ3v) is 5.06. The van der Waals surface area contributed by atoms with Gasteiger partial charge in [-0.3, -0.25) is 4.68 Å². The highest BCUT2D eigenvalue weighted by Crippen LogP contribution is 2.29. The number of rotatable bonds is 4. The van der Waals surface area contributed by atoms with Crippen LogP contribution in [0.5, 0.6) is 0 Å². The summed E-state index contributed by atoms with van der Waals surface area (Å²) in [5.74, 6) is 0. The Kier molecular flexibility index (Phi) is 5.54. The van der Waals surface area contributed by atoms with E-state index >= 15 is 0 Å². The number of hydrogen-bond donors (Lipinski definition) is 1. The van der Waals surface area contributed by atoms with Gasteiger partial charge in [0.1, 0.15) is 0 Å². The van der Waals surface area contributed by atoms with Crippen LogP contribution >= 0.6 is 0 Å². The minimum absolute atomic E-state index is 0.168. The summed E-state index contributed by atoms with van der Waals surface area (Å²) in [5, 5.41) is 8.29. The van der Waals surface area contributed by atoms with Crippen molar-refractivity contribution in [3.05, 3.63) is 18.5 Å². The lowest BCUT2D eigenvalue weighted by atomic mass is 9.89. The summed E-state index contributed by atoms with van der Waals surface area (Å²) in [6, 6.07) is 3.44. The number of aromatic nitrogens is 2. The van der Waals surface area contributed by atoms with Crippen molar-refractivity contribution in [3.8, 4) is 0 Å². The average Bonchev–Trinajstić information content (AvgIpc) is 3.10. The monoisotopic (exact) mass is 320 g/mol. The van der Waals surface area contributed by atoms with E-state index in [-0.39, 0.29) is 6.09 Å². The fourth-order valence-electron chi connectivity index (χ4n) is 3.85. The molecule has 1 aromatic rings. The first-order valence-corrected chi connectivity index (χ1v) is 8.95. The number of likely N-dealkylation sites (tertiary alicyclic amines) is 1.